The SMILES string of the molecule is c1ccc2c3c(ccc2c1)N(c1nc2ccccc2nc1-c1ccc2sc4ccccc4c2c1)c1cccc2cccc-3c12. The van der Waals surface area contributed by atoms with Crippen LogP contribution in [0.5, 0.6) is 0 Å². The second-order valence-electron chi connectivity index (χ2n) is 11.4. The van der Waals surface area contributed by atoms with E-state index in [-0.39, 0.29) is 0 Å². The molecule has 9 aromatic rings. The van der Waals surface area contributed by atoms with Crippen molar-refractivity contribution in [2.24, 2.45) is 0 Å². The van der Waals surface area contributed by atoms with Gasteiger partial charge in [-0.15, -0.1) is 11.3 Å². The number of aromatic nitrogens is 2. The maximum absolute atomic E-state index is 5.41. The summed E-state index contributed by atoms with van der Waals surface area (Å²) in [6.45, 7) is 0. The number of fused-ring (bicyclic) bond motifs is 8. The number of nitrogens with zero attached hydrogens (tertiary/aromatic N) is 3. The van der Waals surface area contributed by atoms with E-state index in [0.29, 0.717) is 0 Å². The van der Waals surface area contributed by atoms with Crippen LogP contribution >= 0.6 is 11.3 Å². The molecule has 1 aliphatic rings. The Morgan fingerprint density at radius 2 is 1.23 bits per heavy atom. The van der Waals surface area contributed by atoms with Gasteiger partial charge >= 0.3 is 0 Å². The van der Waals surface area contributed by atoms with E-state index in [1.54, 1.807) is 0 Å². The van der Waals surface area contributed by atoms with Crippen molar-refractivity contribution in [3.63, 3.8) is 0 Å². The van der Waals surface area contributed by atoms with Crippen LogP contribution in [-0.4, -0.2) is 9.97 Å². The highest BCUT2D eigenvalue weighted by molar-refractivity contribution is 7.25. The molecule has 7 aromatic carbocycles. The zero-order valence-corrected chi connectivity index (χ0v) is 24.3. The molecule has 1 aliphatic heterocycles. The molecule has 0 atom stereocenters. The van der Waals surface area contributed by atoms with Crippen LogP contribution in [0.25, 0.3) is 75.1 Å². The van der Waals surface area contributed by atoms with Crippen molar-refractivity contribution in [1.82, 2.24) is 9.97 Å². The Hall–Kier alpha value is -5.58. The van der Waals surface area contributed by atoms with Crippen LogP contribution in [0.3, 0.4) is 0 Å². The van der Waals surface area contributed by atoms with Crippen LogP contribution in [0.1, 0.15) is 0 Å². The monoisotopic (exact) mass is 577 g/mol. The molecule has 3 heterocycles. The fourth-order valence-electron chi connectivity index (χ4n) is 7.02. The van der Waals surface area contributed by atoms with E-state index in [1.165, 1.54) is 52.8 Å². The summed E-state index contributed by atoms with van der Waals surface area (Å²) in [5, 5.41) is 7.43. The molecule has 0 spiro atoms. The predicted octanol–water partition coefficient (Wildman–Crippen LogP) is 11.4. The lowest BCUT2D eigenvalue weighted by atomic mass is 9.88. The highest BCUT2D eigenvalue weighted by Crippen LogP contribution is 2.54. The molecular formula is C40H23N3S. The average Bonchev–Trinajstić information content (AvgIpc) is 3.46. The van der Waals surface area contributed by atoms with Gasteiger partial charge in [-0.3, -0.25) is 4.90 Å². The zero-order valence-electron chi connectivity index (χ0n) is 23.5. The summed E-state index contributed by atoms with van der Waals surface area (Å²) in [5.74, 6) is 0.834. The van der Waals surface area contributed by atoms with Gasteiger partial charge in [-0.25, -0.2) is 9.97 Å². The molecule has 4 heteroatoms. The fourth-order valence-corrected chi connectivity index (χ4v) is 8.10. The van der Waals surface area contributed by atoms with Crippen molar-refractivity contribution in [1.29, 1.82) is 0 Å². The van der Waals surface area contributed by atoms with E-state index in [2.05, 4.69) is 132 Å². The third kappa shape index (κ3) is 3.31. The first-order chi connectivity index (χ1) is 21.8. The highest BCUT2D eigenvalue weighted by Gasteiger charge is 2.30. The average molecular weight is 578 g/mol. The van der Waals surface area contributed by atoms with Gasteiger partial charge in [-0.2, -0.15) is 0 Å². The quantitative estimate of drug-likeness (QED) is 0.205. The van der Waals surface area contributed by atoms with Gasteiger partial charge in [0.15, 0.2) is 5.82 Å². The molecule has 0 amide bonds. The second kappa shape index (κ2) is 8.96. The zero-order chi connectivity index (χ0) is 28.8. The summed E-state index contributed by atoms with van der Waals surface area (Å²) in [6.07, 6.45) is 0. The number of para-hydroxylation sites is 2. The van der Waals surface area contributed by atoms with Crippen LogP contribution in [0.4, 0.5) is 17.2 Å². The first-order valence-corrected chi connectivity index (χ1v) is 15.7. The first kappa shape index (κ1) is 23.9. The molecule has 0 unspecified atom stereocenters. The van der Waals surface area contributed by atoms with E-state index in [0.717, 1.165) is 39.5 Å². The van der Waals surface area contributed by atoms with Crippen LogP contribution in [-0.2, 0) is 0 Å². The van der Waals surface area contributed by atoms with Crippen molar-refractivity contribution in [3.8, 4) is 22.4 Å². The second-order valence-corrected chi connectivity index (χ2v) is 12.5. The van der Waals surface area contributed by atoms with Crippen LogP contribution in [0.15, 0.2) is 140 Å². The van der Waals surface area contributed by atoms with Crippen molar-refractivity contribution in [2.45, 2.75) is 0 Å². The lowest BCUT2D eigenvalue weighted by Gasteiger charge is -2.34. The summed E-state index contributed by atoms with van der Waals surface area (Å²) in [4.78, 5) is 13.1. The van der Waals surface area contributed by atoms with E-state index in [9.17, 15) is 0 Å². The summed E-state index contributed by atoms with van der Waals surface area (Å²) in [6, 6.07) is 50.0. The Kier molecular flexibility index (Phi) is 4.87. The van der Waals surface area contributed by atoms with Crippen molar-refractivity contribution < 1.29 is 0 Å². The summed E-state index contributed by atoms with van der Waals surface area (Å²) < 4.78 is 2.57. The van der Waals surface area contributed by atoms with Gasteiger partial charge in [0.05, 0.1) is 22.4 Å². The maximum Gasteiger partial charge on any atom is 0.165 e. The Balaban J connectivity index is 1.34. The summed E-state index contributed by atoms with van der Waals surface area (Å²) in [5.41, 5.74) is 8.41. The van der Waals surface area contributed by atoms with Gasteiger partial charge < -0.3 is 0 Å². The molecule has 204 valence electrons. The standard InChI is InChI=1S/C40H23N3S/c1-2-12-27-24(9-1)19-21-34-38(27)29-14-7-10-25-11-8-17-33(37(25)29)43(34)40-39(41-31-15-4-5-16-32(31)42-40)26-20-22-36-30(23-26)28-13-3-6-18-35(28)44-36/h1-23H. The molecule has 3 nitrogen and oxygen atoms in total. The fraction of sp³-hybridized carbons (Fsp3) is 0. The van der Waals surface area contributed by atoms with Gasteiger partial charge in [-0.1, -0.05) is 97.1 Å². The third-order valence-corrected chi connectivity index (χ3v) is 10.1. The smallest absolute Gasteiger partial charge is 0.165 e. The number of thiophene rings is 1. The maximum atomic E-state index is 5.41. The molecule has 0 fully saturated rings. The molecule has 10 rings (SSSR count). The first-order valence-electron chi connectivity index (χ1n) is 14.8. The number of rotatable bonds is 2. The molecule has 2 aromatic heterocycles. The van der Waals surface area contributed by atoms with Gasteiger partial charge in [0, 0.05) is 36.7 Å². The summed E-state index contributed by atoms with van der Waals surface area (Å²) >= 11 is 1.83. The predicted molar refractivity (Wildman–Crippen MR) is 187 cm³/mol. The van der Waals surface area contributed by atoms with Crippen molar-refractivity contribution >= 4 is 81.3 Å². The molecule has 0 radical (unpaired) electrons. The van der Waals surface area contributed by atoms with Gasteiger partial charge in [0.25, 0.3) is 0 Å². The minimum atomic E-state index is 0.834. The number of hydrogen-bond acceptors (Lipinski definition) is 4. The van der Waals surface area contributed by atoms with E-state index < -0.39 is 0 Å². The molecule has 0 bridgehead atoms. The van der Waals surface area contributed by atoms with Crippen LogP contribution in [0, 0.1) is 0 Å². The van der Waals surface area contributed by atoms with Crippen molar-refractivity contribution in [2.75, 3.05) is 4.90 Å². The molecular weight excluding hydrogens is 555 g/mol. The Morgan fingerprint density at radius 1 is 0.500 bits per heavy atom. The minimum Gasteiger partial charge on any atom is -0.292 e. The van der Waals surface area contributed by atoms with E-state index >= 15 is 0 Å². The van der Waals surface area contributed by atoms with Gasteiger partial charge in [0.1, 0.15) is 5.69 Å². The Morgan fingerprint density at radius 3 is 2.14 bits per heavy atom. The Bertz CT molecular complexity index is 2630. The number of benzene rings is 7. The van der Waals surface area contributed by atoms with Crippen molar-refractivity contribution in [3.05, 3.63) is 140 Å². The van der Waals surface area contributed by atoms with Crippen LogP contribution < -0.4 is 4.90 Å². The number of anilines is 3. The molecule has 0 saturated carbocycles. The topological polar surface area (TPSA) is 29.0 Å². The third-order valence-electron chi connectivity index (χ3n) is 8.95. The normalized spacial score (nSPS) is 12.5. The van der Waals surface area contributed by atoms with Gasteiger partial charge in [-0.05, 0) is 64.2 Å². The molecule has 0 saturated heterocycles. The molecule has 0 aliphatic carbocycles. The number of hydrogen-bond donors (Lipinski definition) is 0. The summed E-state index contributed by atoms with van der Waals surface area (Å²) in [7, 11) is 0. The van der Waals surface area contributed by atoms with Gasteiger partial charge in [0.2, 0.25) is 0 Å². The molecule has 44 heavy (non-hydrogen) atoms. The molecule has 0 N–H and O–H groups in total. The Labute approximate surface area is 257 Å². The van der Waals surface area contributed by atoms with E-state index in [4.69, 9.17) is 9.97 Å². The van der Waals surface area contributed by atoms with Crippen LogP contribution in [0.2, 0.25) is 0 Å². The van der Waals surface area contributed by atoms with E-state index in [1.807, 2.05) is 23.5 Å². The minimum absolute atomic E-state index is 0.834. The lowest BCUT2D eigenvalue weighted by Crippen LogP contribution is -2.18. The highest BCUT2D eigenvalue weighted by atomic mass is 32.1. The lowest BCUT2D eigenvalue weighted by molar-refractivity contribution is 1.18. The largest absolute Gasteiger partial charge is 0.292 e.